The third-order valence-corrected chi connectivity index (χ3v) is 13.6. The van der Waals surface area contributed by atoms with E-state index in [-0.39, 0.29) is 0 Å². The Kier molecular flexibility index (Phi) is 8.35. The fourth-order valence-electron chi connectivity index (χ4n) is 9.67. The highest BCUT2D eigenvalue weighted by atomic mass is 32.2. The molecule has 62 heavy (non-hydrogen) atoms. The van der Waals surface area contributed by atoms with E-state index in [1.165, 1.54) is 43.2 Å². The first-order valence-corrected chi connectivity index (χ1v) is 21.6. The highest BCUT2D eigenvalue weighted by Gasteiger charge is 2.50. The van der Waals surface area contributed by atoms with Crippen molar-refractivity contribution in [3.05, 3.63) is 234 Å². The average molecular weight is 807 g/mol. The first-order chi connectivity index (χ1) is 30.7. The molecule has 0 N–H and O–H groups in total. The smallest absolute Gasteiger partial charge is 0.164 e. The number of fused-ring (bicyclic) bond motifs is 10. The molecule has 9 aromatic carbocycles. The van der Waals surface area contributed by atoms with Crippen LogP contribution in [0.2, 0.25) is 0 Å². The van der Waals surface area contributed by atoms with Crippen LogP contribution in [0.15, 0.2) is 216 Å². The van der Waals surface area contributed by atoms with Gasteiger partial charge in [0.25, 0.3) is 0 Å². The monoisotopic (exact) mass is 806 g/mol. The summed E-state index contributed by atoms with van der Waals surface area (Å²) in [6, 6.07) is 75.4. The second-order valence-corrected chi connectivity index (χ2v) is 16.9. The predicted molar refractivity (Wildman–Crippen MR) is 251 cm³/mol. The predicted octanol–water partition coefficient (Wildman–Crippen LogP) is 14.1. The molecule has 1 spiro atoms. The normalized spacial score (nSPS) is 12.9. The quantitative estimate of drug-likeness (QED) is 0.173. The lowest BCUT2D eigenvalue weighted by Crippen LogP contribution is -2.32. The summed E-state index contributed by atoms with van der Waals surface area (Å²) in [4.78, 5) is 17.5. The molecule has 288 valence electrons. The Labute approximate surface area is 363 Å². The molecular formula is C57H34N4S. The molecule has 12 rings (SSSR count). The van der Waals surface area contributed by atoms with Crippen LogP contribution in [-0.2, 0) is 5.41 Å². The molecule has 2 heterocycles. The maximum atomic E-state index is 10.00. The topological polar surface area (TPSA) is 62.5 Å². The molecule has 0 fully saturated rings. The molecule has 0 atom stereocenters. The van der Waals surface area contributed by atoms with Crippen molar-refractivity contribution in [2.45, 2.75) is 15.2 Å². The number of nitriles is 1. The van der Waals surface area contributed by atoms with Crippen LogP contribution in [0.4, 0.5) is 0 Å². The summed E-state index contributed by atoms with van der Waals surface area (Å²) in [7, 11) is 0. The zero-order valence-corrected chi connectivity index (χ0v) is 34.1. The van der Waals surface area contributed by atoms with Crippen LogP contribution >= 0.6 is 11.8 Å². The van der Waals surface area contributed by atoms with E-state index < -0.39 is 5.41 Å². The highest BCUT2D eigenvalue weighted by Crippen LogP contribution is 2.63. The number of benzene rings is 9. The minimum Gasteiger partial charge on any atom is -0.208 e. The van der Waals surface area contributed by atoms with Gasteiger partial charge in [0.1, 0.15) is 0 Å². The van der Waals surface area contributed by atoms with Crippen LogP contribution < -0.4 is 0 Å². The number of rotatable bonds is 5. The van der Waals surface area contributed by atoms with Gasteiger partial charge in [-0.2, -0.15) is 5.26 Å². The van der Waals surface area contributed by atoms with Gasteiger partial charge >= 0.3 is 0 Å². The lowest BCUT2D eigenvalue weighted by Gasteiger charge is -2.40. The Morgan fingerprint density at radius 2 is 0.839 bits per heavy atom. The van der Waals surface area contributed by atoms with E-state index >= 15 is 0 Å². The minimum atomic E-state index is -0.585. The molecule has 0 bridgehead atoms. The second kappa shape index (κ2) is 14.4. The summed E-state index contributed by atoms with van der Waals surface area (Å²) in [5.41, 5.74) is 14.9. The van der Waals surface area contributed by atoms with Crippen LogP contribution in [0.1, 0.15) is 27.8 Å². The van der Waals surface area contributed by atoms with E-state index in [0.29, 0.717) is 23.0 Å². The van der Waals surface area contributed by atoms with Gasteiger partial charge in [-0.3, -0.25) is 0 Å². The fourth-order valence-corrected chi connectivity index (χ4v) is 10.8. The van der Waals surface area contributed by atoms with E-state index in [1.807, 2.05) is 84.6 Å². The third kappa shape index (κ3) is 5.58. The second-order valence-electron chi connectivity index (χ2n) is 15.8. The average Bonchev–Trinajstić information content (AvgIpc) is 3.64. The van der Waals surface area contributed by atoms with E-state index in [2.05, 4.69) is 140 Å². The maximum Gasteiger partial charge on any atom is 0.164 e. The molecule has 0 amide bonds. The van der Waals surface area contributed by atoms with Crippen molar-refractivity contribution < 1.29 is 0 Å². The first kappa shape index (κ1) is 36.0. The van der Waals surface area contributed by atoms with Gasteiger partial charge in [-0.25, -0.2) is 15.0 Å². The van der Waals surface area contributed by atoms with Crippen LogP contribution in [0.3, 0.4) is 0 Å². The summed E-state index contributed by atoms with van der Waals surface area (Å²) in [5.74, 6) is 1.90. The Morgan fingerprint density at radius 3 is 1.47 bits per heavy atom. The minimum absolute atomic E-state index is 0.585. The molecule has 0 saturated carbocycles. The van der Waals surface area contributed by atoms with Crippen molar-refractivity contribution in [2.24, 2.45) is 0 Å². The molecule has 5 heteroatoms. The molecule has 1 aromatic heterocycles. The van der Waals surface area contributed by atoms with Gasteiger partial charge in [-0.05, 0) is 97.4 Å². The standard InChI is InChI=1S/C57H34N4S/c58-35-42-26-29-44(45-21-8-7-20-43(42)45)40-28-31-53-51(34-40)57(48-24-11-9-22-46(48)47-23-10-12-25-49(47)57)50-33-39(27-30-52(50)62-53)38-18-13-19-41(32-38)56-60-54(36-14-3-1-4-15-36)59-55(61-56)37-16-5-2-6-17-37/h1-34H. The zero-order valence-electron chi connectivity index (χ0n) is 33.3. The zero-order chi connectivity index (χ0) is 41.2. The van der Waals surface area contributed by atoms with E-state index in [1.54, 1.807) is 0 Å². The van der Waals surface area contributed by atoms with Gasteiger partial charge < -0.3 is 0 Å². The van der Waals surface area contributed by atoms with Gasteiger partial charge in [0.2, 0.25) is 0 Å². The molecular weight excluding hydrogens is 773 g/mol. The molecule has 2 aliphatic rings. The van der Waals surface area contributed by atoms with Gasteiger partial charge in [-0.15, -0.1) is 0 Å². The van der Waals surface area contributed by atoms with Crippen LogP contribution in [-0.4, -0.2) is 15.0 Å². The van der Waals surface area contributed by atoms with Crippen molar-refractivity contribution in [3.8, 4) is 73.6 Å². The number of hydrogen-bond acceptors (Lipinski definition) is 5. The SMILES string of the molecule is N#Cc1ccc(-c2ccc3c(c2)C2(c4cc(-c5cccc(-c6nc(-c7ccccc7)nc(-c7ccccc7)n6)c5)ccc4S3)c3ccccc3-c3ccccc32)c2ccccc12. The van der Waals surface area contributed by atoms with Gasteiger partial charge in [-0.1, -0.05) is 182 Å². The van der Waals surface area contributed by atoms with Crippen molar-refractivity contribution in [2.75, 3.05) is 0 Å². The van der Waals surface area contributed by atoms with E-state index in [9.17, 15) is 5.26 Å². The van der Waals surface area contributed by atoms with Gasteiger partial charge in [0, 0.05) is 31.9 Å². The van der Waals surface area contributed by atoms with E-state index in [4.69, 9.17) is 15.0 Å². The summed E-state index contributed by atoms with van der Waals surface area (Å²) >= 11 is 1.84. The Morgan fingerprint density at radius 1 is 0.355 bits per heavy atom. The molecule has 0 saturated heterocycles. The molecule has 0 radical (unpaired) electrons. The van der Waals surface area contributed by atoms with Crippen molar-refractivity contribution in [1.82, 2.24) is 15.0 Å². The first-order valence-electron chi connectivity index (χ1n) is 20.7. The number of nitrogens with zero attached hydrogens (tertiary/aromatic N) is 4. The van der Waals surface area contributed by atoms with Crippen LogP contribution in [0, 0.1) is 11.3 Å². The number of aromatic nitrogens is 3. The Bertz CT molecular complexity index is 3360. The van der Waals surface area contributed by atoms with Crippen molar-refractivity contribution in [3.63, 3.8) is 0 Å². The summed E-state index contributed by atoms with van der Waals surface area (Å²) in [6.45, 7) is 0. The van der Waals surface area contributed by atoms with E-state index in [0.717, 1.165) is 49.7 Å². The van der Waals surface area contributed by atoms with Crippen molar-refractivity contribution >= 4 is 22.5 Å². The van der Waals surface area contributed by atoms with Crippen LogP contribution in [0.5, 0.6) is 0 Å². The molecule has 0 unspecified atom stereocenters. The lowest BCUT2D eigenvalue weighted by molar-refractivity contribution is 0.723. The molecule has 1 aliphatic carbocycles. The van der Waals surface area contributed by atoms with Crippen LogP contribution in [0.25, 0.3) is 78.3 Å². The molecule has 1 aliphatic heterocycles. The Balaban J connectivity index is 1.05. The Hall–Kier alpha value is -7.91. The third-order valence-electron chi connectivity index (χ3n) is 12.4. The number of hydrogen-bond donors (Lipinski definition) is 0. The largest absolute Gasteiger partial charge is 0.208 e. The molecule has 4 nitrogen and oxygen atoms in total. The fraction of sp³-hybridized carbons (Fsp3) is 0.0175. The summed E-state index contributed by atoms with van der Waals surface area (Å²) in [6.07, 6.45) is 0. The van der Waals surface area contributed by atoms with Gasteiger partial charge in [0.15, 0.2) is 17.5 Å². The van der Waals surface area contributed by atoms with Crippen molar-refractivity contribution in [1.29, 1.82) is 5.26 Å². The summed E-state index contributed by atoms with van der Waals surface area (Å²) in [5, 5.41) is 12.0. The lowest BCUT2D eigenvalue weighted by atomic mass is 9.66. The maximum absolute atomic E-state index is 10.00. The highest BCUT2D eigenvalue weighted by molar-refractivity contribution is 7.99. The van der Waals surface area contributed by atoms with Gasteiger partial charge in [0.05, 0.1) is 17.0 Å². The summed E-state index contributed by atoms with van der Waals surface area (Å²) < 4.78 is 0. The molecule has 10 aromatic rings.